The number of nitrogens with one attached hydrogen (secondary N) is 1. The molecule has 2 heterocycles. The van der Waals surface area contributed by atoms with Crippen molar-refractivity contribution in [3.63, 3.8) is 0 Å². The molecular weight excluding hydrogens is 386 g/mol. The van der Waals surface area contributed by atoms with Gasteiger partial charge in [0, 0.05) is 30.1 Å². The Hall–Kier alpha value is -3.15. The van der Waals surface area contributed by atoms with Crippen LogP contribution in [0.5, 0.6) is 0 Å². The van der Waals surface area contributed by atoms with Crippen LogP contribution in [0.4, 0.5) is 0 Å². The predicted octanol–water partition coefficient (Wildman–Crippen LogP) is 4.58. The molecule has 0 aliphatic heterocycles. The van der Waals surface area contributed by atoms with Gasteiger partial charge in [-0.1, -0.05) is 43.5 Å². The predicted molar refractivity (Wildman–Crippen MR) is 122 cm³/mol. The molecule has 0 unspecified atom stereocenters. The first kappa shape index (κ1) is 21.1. The average molecular weight is 418 g/mol. The van der Waals surface area contributed by atoms with Crippen molar-refractivity contribution in [2.75, 3.05) is 0 Å². The van der Waals surface area contributed by atoms with Crippen LogP contribution in [0.25, 0.3) is 6.08 Å². The van der Waals surface area contributed by atoms with Crippen LogP contribution in [-0.4, -0.2) is 25.2 Å². The first-order valence-corrected chi connectivity index (χ1v) is 11.2. The standard InChI is InChI=1S/C25H31N5O/c1-19-14-21(20(2)30(19)24-10-4-3-5-11-24)12-13-25(31)27-15-22-8-6-7-9-23(22)16-29-18-26-17-28-29/h6-9,12-14,17-18,24H,3-5,10-11,15-16H2,1-2H3,(H,27,31)/b13-12+. The van der Waals surface area contributed by atoms with Gasteiger partial charge >= 0.3 is 0 Å². The summed E-state index contributed by atoms with van der Waals surface area (Å²) in [5.41, 5.74) is 5.87. The summed E-state index contributed by atoms with van der Waals surface area (Å²) < 4.78 is 4.25. The molecule has 1 aliphatic rings. The summed E-state index contributed by atoms with van der Waals surface area (Å²) >= 11 is 0. The Morgan fingerprint density at radius 3 is 2.68 bits per heavy atom. The molecular formula is C25H31N5O. The Morgan fingerprint density at radius 1 is 1.16 bits per heavy atom. The lowest BCUT2D eigenvalue weighted by molar-refractivity contribution is -0.116. The minimum Gasteiger partial charge on any atom is -0.348 e. The van der Waals surface area contributed by atoms with E-state index in [0.29, 0.717) is 19.1 Å². The molecule has 31 heavy (non-hydrogen) atoms. The number of aryl methyl sites for hydroxylation is 1. The zero-order chi connectivity index (χ0) is 21.6. The van der Waals surface area contributed by atoms with Gasteiger partial charge in [-0.15, -0.1) is 0 Å². The normalized spacial score (nSPS) is 14.9. The summed E-state index contributed by atoms with van der Waals surface area (Å²) in [4.78, 5) is 16.5. The highest BCUT2D eigenvalue weighted by Crippen LogP contribution is 2.32. The van der Waals surface area contributed by atoms with E-state index in [1.165, 1.54) is 49.8 Å². The first-order valence-electron chi connectivity index (χ1n) is 11.2. The highest BCUT2D eigenvalue weighted by atomic mass is 16.1. The molecule has 1 aliphatic carbocycles. The Bertz CT molecular complexity index is 1040. The molecule has 0 saturated heterocycles. The second kappa shape index (κ2) is 9.77. The topological polar surface area (TPSA) is 64.7 Å². The third kappa shape index (κ3) is 5.13. The van der Waals surface area contributed by atoms with E-state index >= 15 is 0 Å². The van der Waals surface area contributed by atoms with E-state index < -0.39 is 0 Å². The van der Waals surface area contributed by atoms with Crippen LogP contribution < -0.4 is 5.32 Å². The minimum absolute atomic E-state index is 0.0852. The van der Waals surface area contributed by atoms with Gasteiger partial charge in [0.25, 0.3) is 0 Å². The van der Waals surface area contributed by atoms with Gasteiger partial charge in [0.2, 0.25) is 5.91 Å². The SMILES string of the molecule is Cc1cc(/C=C/C(=O)NCc2ccccc2Cn2cncn2)c(C)n1C1CCCCC1. The monoisotopic (exact) mass is 417 g/mol. The number of hydrogen-bond donors (Lipinski definition) is 1. The largest absolute Gasteiger partial charge is 0.348 e. The molecule has 0 radical (unpaired) electrons. The number of benzene rings is 1. The number of carbonyl (C=O) groups excluding carboxylic acids is 1. The molecule has 0 spiro atoms. The molecule has 2 aromatic heterocycles. The van der Waals surface area contributed by atoms with Crippen LogP contribution in [0.1, 0.15) is 66.2 Å². The summed E-state index contributed by atoms with van der Waals surface area (Å²) in [6.07, 6.45) is 13.3. The molecule has 0 bridgehead atoms. The Kier molecular flexibility index (Phi) is 6.65. The van der Waals surface area contributed by atoms with Gasteiger partial charge in [0.15, 0.2) is 0 Å². The van der Waals surface area contributed by atoms with Crippen molar-refractivity contribution in [2.24, 2.45) is 0 Å². The van der Waals surface area contributed by atoms with Gasteiger partial charge in [-0.05, 0) is 55.5 Å². The average Bonchev–Trinajstić information content (AvgIpc) is 3.39. The fraction of sp³-hybridized carbons (Fsp3) is 0.400. The van der Waals surface area contributed by atoms with E-state index in [-0.39, 0.29) is 5.91 Å². The molecule has 1 saturated carbocycles. The van der Waals surface area contributed by atoms with Crippen LogP contribution in [0.3, 0.4) is 0 Å². The van der Waals surface area contributed by atoms with E-state index in [9.17, 15) is 4.79 Å². The minimum atomic E-state index is -0.0852. The fourth-order valence-corrected chi connectivity index (χ4v) is 4.65. The molecule has 1 aromatic carbocycles. The Morgan fingerprint density at radius 2 is 1.94 bits per heavy atom. The molecule has 3 aromatic rings. The van der Waals surface area contributed by atoms with Crippen molar-refractivity contribution < 1.29 is 4.79 Å². The van der Waals surface area contributed by atoms with Crippen LogP contribution >= 0.6 is 0 Å². The van der Waals surface area contributed by atoms with Crippen molar-refractivity contribution in [3.8, 4) is 0 Å². The smallest absolute Gasteiger partial charge is 0.244 e. The van der Waals surface area contributed by atoms with Gasteiger partial charge < -0.3 is 9.88 Å². The number of nitrogens with zero attached hydrogens (tertiary/aromatic N) is 4. The quantitative estimate of drug-likeness (QED) is 0.572. The highest BCUT2D eigenvalue weighted by Gasteiger charge is 2.19. The third-order valence-electron chi connectivity index (χ3n) is 6.25. The van der Waals surface area contributed by atoms with Crippen LogP contribution in [0.2, 0.25) is 0 Å². The fourth-order valence-electron chi connectivity index (χ4n) is 4.65. The summed E-state index contributed by atoms with van der Waals surface area (Å²) in [5, 5.41) is 7.18. The van der Waals surface area contributed by atoms with Crippen LogP contribution in [0.15, 0.2) is 49.1 Å². The number of amides is 1. The lowest BCUT2D eigenvalue weighted by Crippen LogP contribution is -2.21. The molecule has 6 heteroatoms. The van der Waals surface area contributed by atoms with Gasteiger partial charge in [-0.3, -0.25) is 4.79 Å². The summed E-state index contributed by atoms with van der Waals surface area (Å²) in [5.74, 6) is -0.0852. The Balaban J connectivity index is 1.39. The van der Waals surface area contributed by atoms with E-state index in [4.69, 9.17) is 0 Å². The van der Waals surface area contributed by atoms with Crippen LogP contribution in [0, 0.1) is 13.8 Å². The van der Waals surface area contributed by atoms with Crippen molar-refractivity contribution in [2.45, 2.75) is 65.1 Å². The van der Waals surface area contributed by atoms with Gasteiger partial charge in [-0.2, -0.15) is 5.10 Å². The zero-order valence-corrected chi connectivity index (χ0v) is 18.4. The van der Waals surface area contributed by atoms with Gasteiger partial charge in [0.05, 0.1) is 6.54 Å². The third-order valence-corrected chi connectivity index (χ3v) is 6.25. The van der Waals surface area contributed by atoms with E-state index in [1.54, 1.807) is 17.1 Å². The molecule has 1 fully saturated rings. The summed E-state index contributed by atoms with van der Waals surface area (Å²) in [6.45, 7) is 5.45. The summed E-state index contributed by atoms with van der Waals surface area (Å²) in [6, 6.07) is 10.9. The molecule has 0 atom stereocenters. The van der Waals surface area contributed by atoms with E-state index in [1.807, 2.05) is 24.3 Å². The van der Waals surface area contributed by atoms with E-state index in [2.05, 4.69) is 45.9 Å². The van der Waals surface area contributed by atoms with Crippen molar-refractivity contribution in [1.29, 1.82) is 0 Å². The molecule has 6 nitrogen and oxygen atoms in total. The first-order chi connectivity index (χ1) is 15.1. The number of aromatic nitrogens is 4. The maximum absolute atomic E-state index is 12.5. The highest BCUT2D eigenvalue weighted by molar-refractivity contribution is 5.91. The van der Waals surface area contributed by atoms with Crippen molar-refractivity contribution >= 4 is 12.0 Å². The second-order valence-electron chi connectivity index (χ2n) is 8.40. The Labute approximate surface area is 184 Å². The molecule has 162 valence electrons. The van der Waals surface area contributed by atoms with Gasteiger partial charge in [-0.25, -0.2) is 9.67 Å². The lowest BCUT2D eigenvalue weighted by Gasteiger charge is -2.26. The number of rotatable bonds is 7. The van der Waals surface area contributed by atoms with E-state index in [0.717, 1.165) is 16.7 Å². The van der Waals surface area contributed by atoms with Gasteiger partial charge in [0.1, 0.15) is 12.7 Å². The zero-order valence-electron chi connectivity index (χ0n) is 18.4. The van der Waals surface area contributed by atoms with Crippen LogP contribution in [-0.2, 0) is 17.9 Å². The molecule has 1 N–H and O–H groups in total. The second-order valence-corrected chi connectivity index (χ2v) is 8.40. The maximum atomic E-state index is 12.5. The molecule has 4 rings (SSSR count). The maximum Gasteiger partial charge on any atom is 0.244 e. The van der Waals surface area contributed by atoms with Crippen molar-refractivity contribution in [3.05, 3.63) is 77.1 Å². The number of carbonyl (C=O) groups is 1. The lowest BCUT2D eigenvalue weighted by atomic mass is 9.95. The molecule has 1 amide bonds. The summed E-state index contributed by atoms with van der Waals surface area (Å²) in [7, 11) is 0. The number of hydrogen-bond acceptors (Lipinski definition) is 3. The van der Waals surface area contributed by atoms with Crippen molar-refractivity contribution in [1.82, 2.24) is 24.6 Å².